The summed E-state index contributed by atoms with van der Waals surface area (Å²) in [4.78, 5) is 0. The highest BCUT2D eigenvalue weighted by atomic mass is 31.1. The average Bonchev–Trinajstić information content (AvgIpc) is 1.87. The lowest BCUT2D eigenvalue weighted by Crippen LogP contribution is -2.40. The van der Waals surface area contributed by atoms with Crippen LogP contribution in [0.4, 0.5) is 0 Å². The summed E-state index contributed by atoms with van der Waals surface area (Å²) in [6.45, 7) is 2.14. The standard InChI is InChI=1S/C3H13N2P3/c1-4-3(6,5-7)8-2/h4-5,8H,6-7H2,1-2H3. The van der Waals surface area contributed by atoms with Crippen molar-refractivity contribution in [1.82, 2.24) is 10.4 Å². The molecular weight excluding hydrogens is 157 g/mol. The van der Waals surface area contributed by atoms with E-state index in [9.17, 15) is 0 Å². The van der Waals surface area contributed by atoms with Gasteiger partial charge in [0.05, 0.1) is 0 Å². The van der Waals surface area contributed by atoms with Crippen LogP contribution in [0, 0.1) is 0 Å². The van der Waals surface area contributed by atoms with Crippen molar-refractivity contribution in [2.75, 3.05) is 13.7 Å². The van der Waals surface area contributed by atoms with E-state index in [0.29, 0.717) is 0 Å². The van der Waals surface area contributed by atoms with Crippen LogP contribution in [0.2, 0.25) is 0 Å². The molecule has 2 nitrogen and oxygen atoms in total. The SMILES string of the molecule is CNC(P)(NP)PC. The van der Waals surface area contributed by atoms with Gasteiger partial charge in [-0.2, -0.15) is 0 Å². The zero-order valence-corrected chi connectivity index (χ0v) is 8.46. The lowest BCUT2D eigenvalue weighted by molar-refractivity contribution is 0.673. The number of hydrogen-bond acceptors (Lipinski definition) is 2. The van der Waals surface area contributed by atoms with Crippen LogP contribution in [-0.4, -0.2) is 18.9 Å². The molecule has 0 aromatic heterocycles. The molecule has 0 aromatic rings. The summed E-state index contributed by atoms with van der Waals surface area (Å²) >= 11 is 0. The molecular formula is C3H13N2P3. The van der Waals surface area contributed by atoms with Gasteiger partial charge < -0.3 is 0 Å². The first kappa shape index (κ1) is 9.21. The highest BCUT2D eigenvalue weighted by Crippen LogP contribution is 2.29. The van der Waals surface area contributed by atoms with Gasteiger partial charge in [0, 0.05) is 0 Å². The van der Waals surface area contributed by atoms with Gasteiger partial charge in [-0.3, -0.25) is 10.4 Å². The molecule has 0 aliphatic rings. The molecule has 0 amide bonds. The van der Waals surface area contributed by atoms with Crippen molar-refractivity contribution in [2.24, 2.45) is 0 Å². The number of rotatable bonds is 3. The summed E-state index contributed by atoms with van der Waals surface area (Å²) in [6, 6.07) is 0. The van der Waals surface area contributed by atoms with E-state index in [0.717, 1.165) is 8.58 Å². The third-order valence-corrected chi connectivity index (χ3v) is 4.60. The summed E-state index contributed by atoms with van der Waals surface area (Å²) in [6.07, 6.45) is 0. The molecule has 0 aliphatic carbocycles. The second-order valence-corrected chi connectivity index (χ2v) is 4.47. The summed E-state index contributed by atoms with van der Waals surface area (Å²) in [5.41, 5.74) is 0. The predicted octanol–water partition coefficient (Wildman–Crippen LogP) is 0.380. The second-order valence-electron chi connectivity index (χ2n) is 1.45. The van der Waals surface area contributed by atoms with Gasteiger partial charge in [0.15, 0.2) is 0 Å². The van der Waals surface area contributed by atoms with E-state index in [1.54, 1.807) is 0 Å². The molecule has 0 saturated carbocycles. The van der Waals surface area contributed by atoms with Crippen LogP contribution in [0.1, 0.15) is 0 Å². The predicted molar refractivity (Wildman–Crippen MR) is 48.6 cm³/mol. The Kier molecular flexibility index (Phi) is 4.71. The fraction of sp³-hybridized carbons (Fsp3) is 1.00. The molecule has 50 valence electrons. The maximum Gasteiger partial charge on any atom is 0.101 e. The maximum atomic E-state index is 3.12. The van der Waals surface area contributed by atoms with Crippen molar-refractivity contribution in [3.8, 4) is 0 Å². The van der Waals surface area contributed by atoms with E-state index in [-0.39, 0.29) is 5.15 Å². The molecule has 2 N–H and O–H groups in total. The number of hydrogen-bond donors (Lipinski definition) is 2. The molecule has 0 saturated heterocycles. The lowest BCUT2D eigenvalue weighted by Gasteiger charge is -2.26. The molecule has 5 heteroatoms. The van der Waals surface area contributed by atoms with Gasteiger partial charge in [0.1, 0.15) is 5.15 Å². The summed E-state index contributed by atoms with van der Waals surface area (Å²) < 4.78 is 0. The smallest absolute Gasteiger partial charge is 0.101 e. The minimum Gasteiger partial charge on any atom is -0.296 e. The Balaban J connectivity index is 3.58. The van der Waals surface area contributed by atoms with Crippen molar-refractivity contribution in [2.45, 2.75) is 5.15 Å². The Morgan fingerprint density at radius 1 is 1.62 bits per heavy atom. The minimum atomic E-state index is 0.0324. The Morgan fingerprint density at radius 2 is 2.12 bits per heavy atom. The van der Waals surface area contributed by atoms with Gasteiger partial charge in [0.2, 0.25) is 0 Å². The van der Waals surface area contributed by atoms with Crippen LogP contribution >= 0.6 is 27.2 Å². The molecule has 0 rings (SSSR count). The van der Waals surface area contributed by atoms with Crippen molar-refractivity contribution < 1.29 is 0 Å². The quantitative estimate of drug-likeness (QED) is 0.472. The van der Waals surface area contributed by atoms with E-state index >= 15 is 0 Å². The molecule has 0 spiro atoms. The third-order valence-electron chi connectivity index (χ3n) is 1.02. The van der Waals surface area contributed by atoms with E-state index in [1.165, 1.54) is 0 Å². The van der Waals surface area contributed by atoms with Crippen LogP contribution in [0.15, 0.2) is 0 Å². The molecule has 0 fully saturated rings. The third kappa shape index (κ3) is 2.67. The van der Waals surface area contributed by atoms with Gasteiger partial charge in [-0.1, -0.05) is 27.2 Å². The first-order chi connectivity index (χ1) is 3.68. The monoisotopic (exact) mass is 170 g/mol. The van der Waals surface area contributed by atoms with Crippen LogP contribution in [0.3, 0.4) is 0 Å². The lowest BCUT2D eigenvalue weighted by atomic mass is 11.0. The summed E-state index contributed by atoms with van der Waals surface area (Å²) in [5, 5.41) is 6.21. The normalized spacial score (nSPS) is 19.5. The van der Waals surface area contributed by atoms with Crippen molar-refractivity contribution in [1.29, 1.82) is 0 Å². The fourth-order valence-electron chi connectivity index (χ4n) is 0.269. The summed E-state index contributed by atoms with van der Waals surface area (Å²) in [5.74, 6) is 0. The molecule has 0 aromatic carbocycles. The molecule has 0 bridgehead atoms. The van der Waals surface area contributed by atoms with Crippen LogP contribution < -0.4 is 10.4 Å². The topological polar surface area (TPSA) is 24.1 Å². The Bertz CT molecular complexity index is 55.3. The fourth-order valence-corrected chi connectivity index (χ4v) is 1.24. The van der Waals surface area contributed by atoms with Crippen molar-refractivity contribution in [3.05, 3.63) is 0 Å². The van der Waals surface area contributed by atoms with E-state index in [4.69, 9.17) is 0 Å². The van der Waals surface area contributed by atoms with Gasteiger partial charge in [0.25, 0.3) is 0 Å². The highest BCUT2D eigenvalue weighted by Gasteiger charge is 2.14. The molecule has 0 radical (unpaired) electrons. The van der Waals surface area contributed by atoms with Crippen molar-refractivity contribution in [3.63, 3.8) is 0 Å². The Morgan fingerprint density at radius 3 is 2.12 bits per heavy atom. The van der Waals surface area contributed by atoms with Crippen LogP contribution in [-0.2, 0) is 0 Å². The minimum absolute atomic E-state index is 0.0324. The molecule has 0 heterocycles. The van der Waals surface area contributed by atoms with Gasteiger partial charge >= 0.3 is 0 Å². The second kappa shape index (κ2) is 4.09. The highest BCUT2D eigenvalue weighted by molar-refractivity contribution is 7.51. The first-order valence-electron chi connectivity index (χ1n) is 2.33. The first-order valence-corrected chi connectivity index (χ1v) is 4.98. The van der Waals surface area contributed by atoms with Crippen LogP contribution in [0.25, 0.3) is 0 Å². The van der Waals surface area contributed by atoms with E-state index in [1.807, 2.05) is 7.05 Å². The zero-order chi connectivity index (χ0) is 6.62. The van der Waals surface area contributed by atoms with Gasteiger partial charge in [-0.05, 0) is 13.7 Å². The van der Waals surface area contributed by atoms with E-state index < -0.39 is 0 Å². The maximum absolute atomic E-state index is 3.12. The molecule has 4 atom stereocenters. The average molecular weight is 170 g/mol. The Hall–Kier alpha value is 1.21. The van der Waals surface area contributed by atoms with Gasteiger partial charge in [-0.15, -0.1) is 0 Å². The Labute approximate surface area is 57.2 Å². The molecule has 4 unspecified atom stereocenters. The number of nitrogens with one attached hydrogen (secondary N) is 2. The zero-order valence-electron chi connectivity index (χ0n) is 5.15. The van der Waals surface area contributed by atoms with Crippen molar-refractivity contribution >= 4 is 27.2 Å². The molecule has 8 heavy (non-hydrogen) atoms. The van der Waals surface area contributed by atoms with E-state index in [2.05, 4.69) is 35.7 Å². The van der Waals surface area contributed by atoms with Gasteiger partial charge in [-0.25, -0.2) is 0 Å². The van der Waals surface area contributed by atoms with Crippen LogP contribution in [0.5, 0.6) is 0 Å². The largest absolute Gasteiger partial charge is 0.296 e. The summed E-state index contributed by atoms with van der Waals surface area (Å²) in [7, 11) is 7.95. The molecule has 0 aliphatic heterocycles.